The molecular formula is C28H56ClN2O4PS. The number of nitrogens with two attached hydrogens (primary N) is 1. The molecule has 0 aliphatic heterocycles. The largest absolute Gasteiger partial charge is 0.496 e. The maximum atomic E-state index is 11.7. The third-order valence-corrected chi connectivity index (χ3v) is 7.07. The van der Waals surface area contributed by atoms with Gasteiger partial charge in [0.05, 0.1) is 17.7 Å². The highest BCUT2D eigenvalue weighted by atomic mass is 35.5. The lowest BCUT2D eigenvalue weighted by atomic mass is 10.2. The highest BCUT2D eigenvalue weighted by molar-refractivity contribution is 7.90. The maximum absolute atomic E-state index is 11.7. The number of anilines is 1. The lowest BCUT2D eigenvalue weighted by molar-refractivity contribution is 0.412. The van der Waals surface area contributed by atoms with Gasteiger partial charge in [-0.15, -0.1) is 11.6 Å². The molecule has 2 aromatic carbocycles. The standard InChI is InChI=1S/C10H14ClNO2S.C10H15O2P.3C2H6.CH5N.CH4/c1-8(7-11)12-9-5-3-4-6-10(9)15(2,13)14;1-8-5-6-9(13(3,4)11)7-10(8)12-2;4*1-2;/h3-6,8,12H,7H2,1-2H3;5-7H,1-4H3;3*1-2H3;2H2,1H3;1H4/t8-;;;;;;/m1....../s1. The molecule has 0 saturated heterocycles. The fourth-order valence-electron chi connectivity index (χ4n) is 2.36. The molecule has 0 unspecified atom stereocenters. The average molecular weight is 583 g/mol. The molecule has 2 rings (SSSR count). The van der Waals surface area contributed by atoms with Gasteiger partial charge in [-0.05, 0) is 58.0 Å². The highest BCUT2D eigenvalue weighted by Crippen LogP contribution is 2.36. The molecule has 2 aromatic rings. The van der Waals surface area contributed by atoms with E-state index < -0.39 is 17.0 Å². The van der Waals surface area contributed by atoms with Crippen LogP contribution in [-0.2, 0) is 14.4 Å². The van der Waals surface area contributed by atoms with E-state index >= 15 is 0 Å². The van der Waals surface area contributed by atoms with Gasteiger partial charge in [0, 0.05) is 23.5 Å². The molecule has 0 saturated carbocycles. The summed E-state index contributed by atoms with van der Waals surface area (Å²) in [7, 11) is -2.22. The minimum Gasteiger partial charge on any atom is -0.496 e. The van der Waals surface area contributed by atoms with E-state index in [0.29, 0.717) is 16.5 Å². The number of para-hydroxylation sites is 1. The Labute approximate surface area is 235 Å². The maximum Gasteiger partial charge on any atom is 0.177 e. The number of alkyl halides is 1. The van der Waals surface area contributed by atoms with Crippen LogP contribution in [0, 0.1) is 6.92 Å². The number of halogens is 1. The smallest absolute Gasteiger partial charge is 0.177 e. The van der Waals surface area contributed by atoms with Gasteiger partial charge in [0.1, 0.15) is 12.9 Å². The quantitative estimate of drug-likeness (QED) is 0.268. The lowest BCUT2D eigenvalue weighted by Crippen LogP contribution is -2.18. The van der Waals surface area contributed by atoms with Crippen LogP contribution >= 0.6 is 18.7 Å². The third-order valence-electron chi connectivity index (χ3n) is 3.93. The Morgan fingerprint density at radius 3 is 1.84 bits per heavy atom. The zero-order valence-corrected chi connectivity index (χ0v) is 27.2. The van der Waals surface area contributed by atoms with Crippen LogP contribution in [-0.4, -0.2) is 54.1 Å². The molecule has 0 bridgehead atoms. The first kappa shape index (κ1) is 45.4. The Balaban J connectivity index is -0.000000143. The van der Waals surface area contributed by atoms with Crippen LogP contribution in [0.1, 0.15) is 61.5 Å². The lowest BCUT2D eigenvalue weighted by Gasteiger charge is -2.14. The molecule has 0 aromatic heterocycles. The van der Waals surface area contributed by atoms with E-state index in [-0.39, 0.29) is 13.5 Å². The molecule has 1 atom stereocenters. The van der Waals surface area contributed by atoms with E-state index in [1.54, 1.807) is 44.7 Å². The number of sulfone groups is 1. The van der Waals surface area contributed by atoms with Crippen molar-refractivity contribution in [3.63, 3.8) is 0 Å². The van der Waals surface area contributed by atoms with Crippen molar-refractivity contribution in [1.82, 2.24) is 0 Å². The molecular weight excluding hydrogens is 527 g/mol. The summed E-state index contributed by atoms with van der Waals surface area (Å²) in [5, 5.41) is 3.93. The fourth-order valence-corrected chi connectivity index (χ4v) is 4.15. The minimum absolute atomic E-state index is 0. The Morgan fingerprint density at radius 2 is 1.46 bits per heavy atom. The molecule has 0 aliphatic carbocycles. The zero-order valence-electron chi connectivity index (χ0n) is 24.8. The van der Waals surface area contributed by atoms with Gasteiger partial charge in [0.25, 0.3) is 0 Å². The number of hydrogen-bond donors (Lipinski definition) is 2. The van der Waals surface area contributed by atoms with E-state index in [4.69, 9.17) is 16.3 Å². The summed E-state index contributed by atoms with van der Waals surface area (Å²) in [5.41, 5.74) is 6.17. The Hall–Kier alpha value is -1.53. The summed E-state index contributed by atoms with van der Waals surface area (Å²) < 4.78 is 39.8. The number of aryl methyl sites for hydroxylation is 1. The number of nitrogens with one attached hydrogen (secondary N) is 1. The van der Waals surface area contributed by atoms with Gasteiger partial charge in [-0.25, -0.2) is 8.42 Å². The molecule has 220 valence electrons. The molecule has 9 heteroatoms. The molecule has 0 fully saturated rings. The van der Waals surface area contributed by atoms with Gasteiger partial charge in [-0.3, -0.25) is 0 Å². The van der Waals surface area contributed by atoms with Crippen LogP contribution in [0.3, 0.4) is 0 Å². The zero-order chi connectivity index (χ0) is 29.5. The average Bonchev–Trinajstić information content (AvgIpc) is 2.88. The van der Waals surface area contributed by atoms with Gasteiger partial charge in [-0.1, -0.05) is 73.2 Å². The van der Waals surface area contributed by atoms with Gasteiger partial charge in [-0.2, -0.15) is 0 Å². The first-order chi connectivity index (χ1) is 16.9. The first-order valence-electron chi connectivity index (χ1n) is 12.3. The second-order valence-electron chi connectivity index (χ2n) is 6.97. The molecule has 0 spiro atoms. The molecule has 0 radical (unpaired) electrons. The van der Waals surface area contributed by atoms with Crippen LogP contribution in [0.5, 0.6) is 5.75 Å². The van der Waals surface area contributed by atoms with Crippen molar-refractivity contribution in [1.29, 1.82) is 0 Å². The summed E-state index contributed by atoms with van der Waals surface area (Å²) >= 11 is 5.66. The van der Waals surface area contributed by atoms with Crippen LogP contribution in [0.4, 0.5) is 5.69 Å². The monoisotopic (exact) mass is 582 g/mol. The summed E-state index contributed by atoms with van der Waals surface area (Å²) in [6.07, 6.45) is 1.19. The van der Waals surface area contributed by atoms with Crippen LogP contribution in [0.2, 0.25) is 0 Å². The van der Waals surface area contributed by atoms with Crippen molar-refractivity contribution >= 4 is 39.6 Å². The Bertz CT molecular complexity index is 949. The molecule has 37 heavy (non-hydrogen) atoms. The predicted molar refractivity (Wildman–Crippen MR) is 171 cm³/mol. The second-order valence-corrected chi connectivity index (χ2v) is 12.5. The van der Waals surface area contributed by atoms with Crippen LogP contribution < -0.4 is 21.1 Å². The first-order valence-corrected chi connectivity index (χ1v) is 17.3. The highest BCUT2D eigenvalue weighted by Gasteiger charge is 2.13. The van der Waals surface area contributed by atoms with Crippen molar-refractivity contribution in [3.05, 3.63) is 48.0 Å². The Kier molecular flexibility index (Phi) is 32.0. The number of benzene rings is 2. The minimum atomic E-state index is -3.19. The van der Waals surface area contributed by atoms with E-state index in [0.717, 1.165) is 16.6 Å². The summed E-state index contributed by atoms with van der Waals surface area (Å²) in [6.45, 7) is 19.4. The number of ether oxygens (including phenoxy) is 1. The number of hydrogen-bond acceptors (Lipinski definition) is 6. The molecule has 0 heterocycles. The van der Waals surface area contributed by atoms with Gasteiger partial charge in [0.2, 0.25) is 0 Å². The van der Waals surface area contributed by atoms with E-state index in [1.165, 1.54) is 13.3 Å². The van der Waals surface area contributed by atoms with Crippen LogP contribution in [0.25, 0.3) is 0 Å². The topological polar surface area (TPSA) is 98.5 Å². The van der Waals surface area contributed by atoms with Crippen molar-refractivity contribution in [3.8, 4) is 5.75 Å². The van der Waals surface area contributed by atoms with Crippen molar-refractivity contribution in [2.75, 3.05) is 44.9 Å². The Morgan fingerprint density at radius 1 is 1.00 bits per heavy atom. The third kappa shape index (κ3) is 20.1. The molecule has 6 nitrogen and oxygen atoms in total. The van der Waals surface area contributed by atoms with Crippen molar-refractivity contribution in [2.24, 2.45) is 5.73 Å². The number of methoxy groups -OCH3 is 1. The van der Waals surface area contributed by atoms with E-state index in [2.05, 4.69) is 11.1 Å². The summed E-state index contributed by atoms with van der Waals surface area (Å²) in [6, 6.07) is 12.5. The van der Waals surface area contributed by atoms with E-state index in [1.807, 2.05) is 73.6 Å². The summed E-state index contributed by atoms with van der Waals surface area (Å²) in [4.78, 5) is 0.307. The SMILES string of the molecule is C.CC.CC.CC.CN.COc1cc(P(C)(C)=O)ccc1C.C[C@H](CCl)Nc1ccccc1S(C)(=O)=O. The van der Waals surface area contributed by atoms with E-state index in [9.17, 15) is 13.0 Å². The van der Waals surface area contributed by atoms with Crippen molar-refractivity contribution in [2.45, 2.75) is 73.8 Å². The molecule has 0 aliphatic rings. The van der Waals surface area contributed by atoms with Gasteiger partial charge in [0.15, 0.2) is 9.84 Å². The van der Waals surface area contributed by atoms with Gasteiger partial charge < -0.3 is 20.4 Å². The van der Waals surface area contributed by atoms with Crippen LogP contribution in [0.15, 0.2) is 47.4 Å². The predicted octanol–water partition coefficient (Wildman–Crippen LogP) is 7.67. The van der Waals surface area contributed by atoms with Crippen molar-refractivity contribution < 1.29 is 17.7 Å². The second kappa shape index (κ2) is 26.1. The molecule has 3 N–H and O–H groups in total. The number of rotatable bonds is 6. The molecule has 0 amide bonds. The van der Waals surface area contributed by atoms with Gasteiger partial charge >= 0.3 is 0 Å². The normalized spacial score (nSPS) is 10.1. The fraction of sp³-hybridized carbons (Fsp3) is 0.571. The summed E-state index contributed by atoms with van der Waals surface area (Å²) in [5.74, 6) is 1.24.